The highest BCUT2D eigenvalue weighted by atomic mass is 35.5. The molecule has 0 amide bonds. The van der Waals surface area contributed by atoms with Crippen molar-refractivity contribution >= 4 is 11.6 Å². The van der Waals surface area contributed by atoms with E-state index in [0.717, 1.165) is 18.5 Å². The van der Waals surface area contributed by atoms with E-state index in [2.05, 4.69) is 25.6 Å². The molecule has 44 heavy (non-hydrogen) atoms. The van der Waals surface area contributed by atoms with Crippen molar-refractivity contribution in [1.82, 2.24) is 44.1 Å². The summed E-state index contributed by atoms with van der Waals surface area (Å²) in [5.41, 5.74) is -0.458. The molecule has 0 radical (unpaired) electrons. The molecule has 5 heterocycles. The van der Waals surface area contributed by atoms with Crippen molar-refractivity contribution in [3.63, 3.8) is 0 Å². The maximum atomic E-state index is 15.3. The Morgan fingerprint density at radius 2 is 1.91 bits per heavy atom. The first kappa shape index (κ1) is 28.7. The van der Waals surface area contributed by atoms with Gasteiger partial charge in [0.25, 0.3) is 0 Å². The van der Waals surface area contributed by atoms with E-state index < -0.39 is 23.7 Å². The number of imidazole rings is 1. The highest BCUT2D eigenvalue weighted by molar-refractivity contribution is 6.31. The Labute approximate surface area is 249 Å². The first-order valence-electron chi connectivity index (χ1n) is 12.8. The van der Waals surface area contributed by atoms with Gasteiger partial charge in [-0.05, 0) is 46.3 Å². The van der Waals surface area contributed by atoms with Gasteiger partial charge in [-0.15, -0.1) is 5.10 Å². The van der Waals surface area contributed by atoms with E-state index in [-0.39, 0.29) is 45.3 Å². The van der Waals surface area contributed by atoms with E-state index in [1.54, 1.807) is 13.2 Å². The van der Waals surface area contributed by atoms with Crippen LogP contribution in [0.25, 0.3) is 27.9 Å². The van der Waals surface area contributed by atoms with Gasteiger partial charge in [0.1, 0.15) is 12.0 Å². The molecule has 0 spiro atoms. The molecule has 6 aromatic rings. The second-order valence-electron chi connectivity index (χ2n) is 9.67. The predicted octanol–water partition coefficient (Wildman–Crippen LogP) is 3.82. The standard InChI is InChI=1S/C27H19ClF4N10O2/c1-38-8-9-39(26(38)43)14-22(40-12-18(11-35-40)16-6-7-33-23(10-16)27(30,31)32)20-4-2-17(13-42(20)44)24-21(41-15-34-36-37-41)5-3-19(28)25(24)29/h2-13,15,22H,14H2,1H3/t22-/m1/s1. The molecular formula is C27H19ClF4N10O2. The van der Waals surface area contributed by atoms with Gasteiger partial charge in [0, 0.05) is 43.5 Å². The summed E-state index contributed by atoms with van der Waals surface area (Å²) in [6.45, 7) is -0.0616. The topological polar surface area (TPSA) is 128 Å². The second-order valence-corrected chi connectivity index (χ2v) is 10.1. The summed E-state index contributed by atoms with van der Waals surface area (Å²) in [7, 11) is 1.56. The average Bonchev–Trinajstić information content (AvgIpc) is 3.77. The van der Waals surface area contributed by atoms with Crippen LogP contribution in [-0.4, -0.2) is 44.1 Å². The quantitative estimate of drug-likeness (QED) is 0.150. The summed E-state index contributed by atoms with van der Waals surface area (Å²) < 4.78 is 61.0. The molecule has 1 aromatic carbocycles. The molecule has 17 heteroatoms. The lowest BCUT2D eigenvalue weighted by atomic mass is 10.0. The van der Waals surface area contributed by atoms with Crippen molar-refractivity contribution in [1.29, 1.82) is 0 Å². The Morgan fingerprint density at radius 3 is 2.59 bits per heavy atom. The molecule has 0 unspecified atom stereocenters. The van der Waals surface area contributed by atoms with Crippen LogP contribution in [0.5, 0.6) is 0 Å². The number of hydrogen-bond donors (Lipinski definition) is 0. The maximum Gasteiger partial charge on any atom is 0.433 e. The second kappa shape index (κ2) is 11.0. The Bertz CT molecular complexity index is 2040. The summed E-state index contributed by atoms with van der Waals surface area (Å²) in [5, 5.41) is 28.7. The third-order valence-electron chi connectivity index (χ3n) is 6.94. The van der Waals surface area contributed by atoms with Crippen LogP contribution in [0, 0.1) is 11.0 Å². The summed E-state index contributed by atoms with van der Waals surface area (Å²) >= 11 is 6.06. The molecule has 0 aliphatic carbocycles. The van der Waals surface area contributed by atoms with E-state index in [4.69, 9.17) is 11.6 Å². The van der Waals surface area contributed by atoms with Gasteiger partial charge in [-0.2, -0.15) is 27.7 Å². The molecule has 224 valence electrons. The Morgan fingerprint density at radius 1 is 1.09 bits per heavy atom. The van der Waals surface area contributed by atoms with Crippen LogP contribution in [-0.2, 0) is 19.8 Å². The van der Waals surface area contributed by atoms with Crippen LogP contribution in [0.4, 0.5) is 17.6 Å². The molecule has 5 aromatic heterocycles. The van der Waals surface area contributed by atoms with Gasteiger partial charge < -0.3 is 9.77 Å². The zero-order valence-electron chi connectivity index (χ0n) is 22.5. The molecule has 0 bridgehead atoms. The predicted molar refractivity (Wildman–Crippen MR) is 147 cm³/mol. The first-order chi connectivity index (χ1) is 21.0. The number of rotatable bonds is 7. The zero-order valence-corrected chi connectivity index (χ0v) is 23.2. The van der Waals surface area contributed by atoms with E-state index in [0.29, 0.717) is 10.3 Å². The molecule has 6 rings (SSSR count). The molecule has 1 atom stereocenters. The zero-order chi connectivity index (χ0) is 31.2. The first-order valence-corrected chi connectivity index (χ1v) is 13.1. The third kappa shape index (κ3) is 5.30. The highest BCUT2D eigenvalue weighted by Crippen LogP contribution is 2.34. The largest absolute Gasteiger partial charge is 0.618 e. The van der Waals surface area contributed by atoms with Crippen LogP contribution in [0.15, 0.2) is 84.7 Å². The Balaban J connectivity index is 1.44. The van der Waals surface area contributed by atoms with Crippen molar-refractivity contribution in [3.8, 4) is 27.9 Å². The van der Waals surface area contributed by atoms with Crippen LogP contribution in [0.3, 0.4) is 0 Å². The SMILES string of the molecule is Cn1ccn(C[C@H](c2ccc(-c3c(-n4cnnn4)ccc(Cl)c3F)c[n+]2[O-])n2cc(-c3ccnc(C(F)(F)F)c3)cn2)c1=O. The van der Waals surface area contributed by atoms with Gasteiger partial charge in [-0.25, -0.2) is 9.18 Å². The fourth-order valence-corrected chi connectivity index (χ4v) is 4.90. The maximum absolute atomic E-state index is 15.3. The number of pyridine rings is 2. The number of aryl methyl sites for hydroxylation is 1. The highest BCUT2D eigenvalue weighted by Gasteiger charge is 2.33. The summed E-state index contributed by atoms with van der Waals surface area (Å²) in [6.07, 6.45) is 4.68. The van der Waals surface area contributed by atoms with Gasteiger partial charge in [0.05, 0.1) is 34.6 Å². The fraction of sp³-hybridized carbons (Fsp3) is 0.148. The summed E-state index contributed by atoms with van der Waals surface area (Å²) in [4.78, 5) is 16.1. The molecule has 0 aliphatic heterocycles. The van der Waals surface area contributed by atoms with Crippen molar-refractivity contribution in [2.45, 2.75) is 18.8 Å². The molecule has 0 fully saturated rings. The van der Waals surface area contributed by atoms with Gasteiger partial charge in [-0.1, -0.05) is 11.6 Å². The lowest BCUT2D eigenvalue weighted by Crippen LogP contribution is -2.38. The molecule has 0 saturated carbocycles. The van der Waals surface area contributed by atoms with Gasteiger partial charge in [0.2, 0.25) is 5.69 Å². The normalized spacial score (nSPS) is 12.5. The number of aromatic nitrogens is 10. The molecule has 0 saturated heterocycles. The van der Waals surface area contributed by atoms with E-state index in [9.17, 15) is 23.2 Å². The molecular weight excluding hydrogens is 608 g/mol. The monoisotopic (exact) mass is 626 g/mol. The van der Waals surface area contributed by atoms with E-state index in [1.807, 2.05) is 0 Å². The van der Waals surface area contributed by atoms with Crippen molar-refractivity contribution in [3.05, 3.63) is 118 Å². The van der Waals surface area contributed by atoms with Crippen LogP contribution in [0.2, 0.25) is 5.02 Å². The summed E-state index contributed by atoms with van der Waals surface area (Å²) in [5.74, 6) is -0.799. The van der Waals surface area contributed by atoms with Crippen molar-refractivity contribution < 1.29 is 22.3 Å². The minimum Gasteiger partial charge on any atom is -0.618 e. The minimum absolute atomic E-state index is 0.0312. The number of tetrazole rings is 1. The van der Waals surface area contributed by atoms with E-state index >= 15 is 4.39 Å². The molecule has 0 N–H and O–H groups in total. The number of alkyl halides is 3. The van der Waals surface area contributed by atoms with Crippen LogP contribution in [0.1, 0.15) is 17.4 Å². The molecule has 0 aliphatic rings. The lowest BCUT2D eigenvalue weighted by Gasteiger charge is -2.18. The van der Waals surface area contributed by atoms with Gasteiger partial charge >= 0.3 is 11.9 Å². The Kier molecular flexibility index (Phi) is 7.20. The fourth-order valence-electron chi connectivity index (χ4n) is 4.75. The number of hydrogen-bond acceptors (Lipinski definition) is 7. The number of nitrogens with zero attached hydrogens (tertiary/aromatic N) is 10. The molecule has 12 nitrogen and oxygen atoms in total. The number of benzene rings is 1. The van der Waals surface area contributed by atoms with Crippen molar-refractivity contribution in [2.24, 2.45) is 7.05 Å². The van der Waals surface area contributed by atoms with Gasteiger partial charge in [0.15, 0.2) is 18.1 Å². The Hall–Kier alpha value is -5.38. The van der Waals surface area contributed by atoms with Gasteiger partial charge in [-0.3, -0.25) is 14.2 Å². The third-order valence-corrected chi connectivity index (χ3v) is 7.23. The lowest BCUT2D eigenvalue weighted by molar-refractivity contribution is -0.615. The minimum atomic E-state index is -4.65. The number of halogens is 5. The smallest absolute Gasteiger partial charge is 0.433 e. The van der Waals surface area contributed by atoms with Crippen LogP contribution >= 0.6 is 11.6 Å². The van der Waals surface area contributed by atoms with Crippen molar-refractivity contribution in [2.75, 3.05) is 0 Å². The van der Waals surface area contributed by atoms with E-state index in [1.165, 1.54) is 73.7 Å². The average molecular weight is 627 g/mol. The van der Waals surface area contributed by atoms with Crippen LogP contribution < -0.4 is 10.4 Å². The summed E-state index contributed by atoms with van der Waals surface area (Å²) in [6, 6.07) is 7.15.